The number of benzene rings is 1. The second-order valence-corrected chi connectivity index (χ2v) is 4.27. The number of hydrogen-bond acceptors (Lipinski definition) is 4. The highest BCUT2D eigenvalue weighted by Crippen LogP contribution is 2.32. The summed E-state index contributed by atoms with van der Waals surface area (Å²) in [6.45, 7) is 7.77. The van der Waals surface area contributed by atoms with E-state index in [2.05, 4.69) is 6.58 Å². The highest BCUT2D eigenvalue weighted by molar-refractivity contribution is 5.95. The van der Waals surface area contributed by atoms with E-state index >= 15 is 0 Å². The summed E-state index contributed by atoms with van der Waals surface area (Å²) in [5, 5.41) is 20.2. The number of nitrogens with zero attached hydrogens (tertiary/aromatic N) is 2. The SMILES string of the molecule is C=CCN(c1cccc(C(=O)O)c1[N+](=O)[O-])C(C)C. The summed E-state index contributed by atoms with van der Waals surface area (Å²) < 4.78 is 0. The van der Waals surface area contributed by atoms with Crippen molar-refractivity contribution >= 4 is 17.3 Å². The molecule has 0 radical (unpaired) electrons. The molecule has 0 fully saturated rings. The van der Waals surface area contributed by atoms with E-state index in [1.807, 2.05) is 13.8 Å². The predicted octanol–water partition coefficient (Wildman–Crippen LogP) is 2.69. The average molecular weight is 264 g/mol. The number of anilines is 1. The van der Waals surface area contributed by atoms with Gasteiger partial charge in [0, 0.05) is 12.6 Å². The van der Waals surface area contributed by atoms with Gasteiger partial charge in [-0.2, -0.15) is 0 Å². The van der Waals surface area contributed by atoms with Crippen LogP contribution < -0.4 is 4.90 Å². The molecule has 0 atom stereocenters. The Morgan fingerprint density at radius 2 is 2.21 bits per heavy atom. The summed E-state index contributed by atoms with van der Waals surface area (Å²) in [6.07, 6.45) is 1.62. The summed E-state index contributed by atoms with van der Waals surface area (Å²) in [5.41, 5.74) is -0.400. The Hall–Kier alpha value is -2.37. The number of para-hydroxylation sites is 1. The minimum Gasteiger partial charge on any atom is -0.477 e. The first-order valence-electron chi connectivity index (χ1n) is 5.78. The van der Waals surface area contributed by atoms with E-state index in [4.69, 9.17) is 5.11 Å². The van der Waals surface area contributed by atoms with Crippen LogP contribution in [-0.4, -0.2) is 28.6 Å². The van der Waals surface area contributed by atoms with Crippen LogP contribution in [0.5, 0.6) is 0 Å². The molecule has 0 saturated heterocycles. The number of rotatable bonds is 6. The maximum atomic E-state index is 11.2. The number of hydrogen-bond donors (Lipinski definition) is 1. The quantitative estimate of drug-likeness (QED) is 0.485. The van der Waals surface area contributed by atoms with Crippen molar-refractivity contribution in [3.63, 3.8) is 0 Å². The Morgan fingerprint density at radius 1 is 1.58 bits per heavy atom. The molecule has 6 nitrogen and oxygen atoms in total. The molecule has 0 bridgehead atoms. The fourth-order valence-electron chi connectivity index (χ4n) is 1.85. The summed E-state index contributed by atoms with van der Waals surface area (Å²) in [6, 6.07) is 4.27. The van der Waals surface area contributed by atoms with Gasteiger partial charge in [0.25, 0.3) is 0 Å². The van der Waals surface area contributed by atoms with Gasteiger partial charge in [0.2, 0.25) is 0 Å². The van der Waals surface area contributed by atoms with Crippen molar-refractivity contribution in [2.45, 2.75) is 19.9 Å². The molecule has 0 unspecified atom stereocenters. The van der Waals surface area contributed by atoms with Gasteiger partial charge in [-0.05, 0) is 26.0 Å². The third-order valence-corrected chi connectivity index (χ3v) is 2.69. The van der Waals surface area contributed by atoms with Crippen LogP contribution in [0, 0.1) is 10.1 Å². The molecule has 6 heteroatoms. The third-order valence-electron chi connectivity index (χ3n) is 2.69. The Morgan fingerprint density at radius 3 is 2.63 bits per heavy atom. The Labute approximate surface area is 111 Å². The van der Waals surface area contributed by atoms with E-state index in [1.54, 1.807) is 17.0 Å². The molecule has 19 heavy (non-hydrogen) atoms. The molecule has 0 aliphatic rings. The molecular weight excluding hydrogens is 248 g/mol. The molecule has 0 saturated carbocycles. The van der Waals surface area contributed by atoms with Crippen LogP contribution in [-0.2, 0) is 0 Å². The fraction of sp³-hybridized carbons (Fsp3) is 0.308. The normalized spacial score (nSPS) is 10.3. The van der Waals surface area contributed by atoms with Crippen molar-refractivity contribution in [1.82, 2.24) is 0 Å². The highest BCUT2D eigenvalue weighted by atomic mass is 16.6. The molecular formula is C13H16N2O4. The van der Waals surface area contributed by atoms with E-state index in [1.165, 1.54) is 12.1 Å². The Bertz CT molecular complexity index is 511. The monoisotopic (exact) mass is 264 g/mol. The van der Waals surface area contributed by atoms with Gasteiger partial charge in [0.1, 0.15) is 11.3 Å². The summed E-state index contributed by atoms with van der Waals surface area (Å²) in [4.78, 5) is 23.3. The number of carboxylic acid groups (broad SMARTS) is 1. The van der Waals surface area contributed by atoms with Crippen LogP contribution in [0.25, 0.3) is 0 Å². The van der Waals surface area contributed by atoms with Crippen molar-refractivity contribution in [2.75, 3.05) is 11.4 Å². The lowest BCUT2D eigenvalue weighted by molar-refractivity contribution is -0.384. The molecule has 1 rings (SSSR count). The van der Waals surface area contributed by atoms with Gasteiger partial charge in [-0.15, -0.1) is 6.58 Å². The lowest BCUT2D eigenvalue weighted by Crippen LogP contribution is -2.31. The zero-order valence-corrected chi connectivity index (χ0v) is 10.9. The first-order chi connectivity index (χ1) is 8.90. The van der Waals surface area contributed by atoms with Crippen molar-refractivity contribution in [3.05, 3.63) is 46.5 Å². The van der Waals surface area contributed by atoms with Crippen LogP contribution in [0.1, 0.15) is 24.2 Å². The van der Waals surface area contributed by atoms with E-state index in [9.17, 15) is 14.9 Å². The van der Waals surface area contributed by atoms with Gasteiger partial charge in [-0.25, -0.2) is 4.79 Å². The third kappa shape index (κ3) is 3.09. The van der Waals surface area contributed by atoms with Gasteiger partial charge in [-0.1, -0.05) is 12.1 Å². The number of aromatic carboxylic acids is 1. The first-order valence-corrected chi connectivity index (χ1v) is 5.78. The van der Waals surface area contributed by atoms with Gasteiger partial charge >= 0.3 is 11.7 Å². The first kappa shape index (κ1) is 14.7. The second-order valence-electron chi connectivity index (χ2n) is 4.27. The molecule has 0 heterocycles. The van der Waals surface area contributed by atoms with E-state index in [-0.39, 0.29) is 17.3 Å². The fourth-order valence-corrected chi connectivity index (χ4v) is 1.85. The van der Waals surface area contributed by atoms with Gasteiger partial charge in [0.15, 0.2) is 0 Å². The molecule has 1 aromatic rings. The van der Waals surface area contributed by atoms with E-state index in [0.29, 0.717) is 12.2 Å². The Balaban J connectivity index is 3.48. The summed E-state index contributed by atoms with van der Waals surface area (Å²) in [5.74, 6) is -1.31. The average Bonchev–Trinajstić information content (AvgIpc) is 2.34. The number of carbonyl (C=O) groups is 1. The molecule has 1 N–H and O–H groups in total. The zero-order chi connectivity index (χ0) is 14.6. The number of nitro groups is 1. The maximum absolute atomic E-state index is 11.2. The number of nitro benzene ring substituents is 1. The smallest absolute Gasteiger partial charge is 0.342 e. The van der Waals surface area contributed by atoms with Crippen molar-refractivity contribution in [1.29, 1.82) is 0 Å². The highest BCUT2D eigenvalue weighted by Gasteiger charge is 2.27. The summed E-state index contributed by atoms with van der Waals surface area (Å²) in [7, 11) is 0. The molecule has 0 amide bonds. The second kappa shape index (κ2) is 5.99. The maximum Gasteiger partial charge on any atom is 0.342 e. The minimum absolute atomic E-state index is 0.0132. The van der Waals surface area contributed by atoms with Gasteiger partial charge in [-0.3, -0.25) is 10.1 Å². The zero-order valence-electron chi connectivity index (χ0n) is 10.9. The van der Waals surface area contributed by atoms with E-state index < -0.39 is 10.9 Å². The molecule has 102 valence electrons. The predicted molar refractivity (Wildman–Crippen MR) is 72.7 cm³/mol. The number of carboxylic acids is 1. The lowest BCUT2D eigenvalue weighted by atomic mass is 10.1. The molecule has 1 aromatic carbocycles. The molecule has 0 aliphatic carbocycles. The Kier molecular flexibility index (Phi) is 4.63. The van der Waals surface area contributed by atoms with Crippen LogP contribution in [0.4, 0.5) is 11.4 Å². The van der Waals surface area contributed by atoms with Crippen molar-refractivity contribution in [3.8, 4) is 0 Å². The molecule has 0 spiro atoms. The topological polar surface area (TPSA) is 83.7 Å². The lowest BCUT2D eigenvalue weighted by Gasteiger charge is -2.27. The molecule has 0 aliphatic heterocycles. The van der Waals surface area contributed by atoms with Crippen LogP contribution >= 0.6 is 0 Å². The van der Waals surface area contributed by atoms with Crippen LogP contribution in [0.3, 0.4) is 0 Å². The standard InChI is InChI=1S/C13H16N2O4/c1-4-8-14(9(2)3)11-7-5-6-10(13(16)17)12(11)15(18)19/h4-7,9H,1,8H2,2-3H3,(H,16,17). The summed E-state index contributed by atoms with van der Waals surface area (Å²) >= 11 is 0. The van der Waals surface area contributed by atoms with Crippen LogP contribution in [0.2, 0.25) is 0 Å². The van der Waals surface area contributed by atoms with E-state index in [0.717, 1.165) is 0 Å². The van der Waals surface area contributed by atoms with Crippen LogP contribution in [0.15, 0.2) is 30.9 Å². The van der Waals surface area contributed by atoms with Gasteiger partial charge in [0.05, 0.1) is 4.92 Å². The largest absolute Gasteiger partial charge is 0.477 e. The molecule has 0 aromatic heterocycles. The van der Waals surface area contributed by atoms with Crippen molar-refractivity contribution < 1.29 is 14.8 Å². The minimum atomic E-state index is -1.31. The van der Waals surface area contributed by atoms with Gasteiger partial charge < -0.3 is 10.0 Å². The van der Waals surface area contributed by atoms with Crippen molar-refractivity contribution in [2.24, 2.45) is 0 Å².